The molecule has 2 aliphatic carbocycles. The normalized spacial score (nSPS) is 18.0. The first-order chi connectivity index (χ1) is 11.6. The first-order valence-corrected chi connectivity index (χ1v) is 9.27. The summed E-state index contributed by atoms with van der Waals surface area (Å²) in [4.78, 5) is 26.4. The van der Waals surface area contributed by atoms with Crippen LogP contribution in [0.3, 0.4) is 0 Å². The highest BCUT2D eigenvalue weighted by molar-refractivity contribution is 5.81. The van der Waals surface area contributed by atoms with Gasteiger partial charge in [-0.05, 0) is 50.5 Å². The summed E-state index contributed by atoms with van der Waals surface area (Å²) < 4.78 is 0. The smallest absolute Gasteiger partial charge is 0.223 e. The second-order valence-corrected chi connectivity index (χ2v) is 7.24. The lowest BCUT2D eigenvalue weighted by molar-refractivity contribution is -0.134. The van der Waals surface area contributed by atoms with Gasteiger partial charge in [-0.25, -0.2) is 0 Å². The van der Waals surface area contributed by atoms with E-state index in [-0.39, 0.29) is 23.8 Å². The number of rotatable bonds is 9. The predicted molar refractivity (Wildman–Crippen MR) is 94.3 cm³/mol. The highest BCUT2D eigenvalue weighted by atomic mass is 16.2. The Labute approximate surface area is 144 Å². The number of amides is 2. The zero-order valence-corrected chi connectivity index (χ0v) is 14.5. The Kier molecular flexibility index (Phi) is 5.54. The fraction of sp³-hybridized carbons (Fsp3) is 0.600. The fourth-order valence-corrected chi connectivity index (χ4v) is 3.05. The molecule has 0 aromatic heterocycles. The summed E-state index contributed by atoms with van der Waals surface area (Å²) in [6.45, 7) is 3.59. The Morgan fingerprint density at radius 2 is 1.88 bits per heavy atom. The molecular weight excluding hydrogens is 300 g/mol. The van der Waals surface area contributed by atoms with Crippen LogP contribution in [0.1, 0.15) is 57.1 Å². The van der Waals surface area contributed by atoms with Crippen LogP contribution in [0.15, 0.2) is 30.3 Å². The van der Waals surface area contributed by atoms with Crippen molar-refractivity contribution in [3.63, 3.8) is 0 Å². The molecule has 2 fully saturated rings. The molecule has 1 aromatic rings. The first-order valence-electron chi connectivity index (χ1n) is 9.27. The van der Waals surface area contributed by atoms with Gasteiger partial charge in [-0.1, -0.05) is 30.3 Å². The topological polar surface area (TPSA) is 49.4 Å². The molecule has 0 aliphatic heterocycles. The zero-order chi connectivity index (χ0) is 16.9. The maximum atomic E-state index is 12.7. The van der Waals surface area contributed by atoms with Gasteiger partial charge in [0, 0.05) is 25.4 Å². The Bertz CT molecular complexity index is 564. The maximum absolute atomic E-state index is 12.7. The van der Waals surface area contributed by atoms with Crippen LogP contribution in [-0.4, -0.2) is 29.8 Å². The molecule has 1 N–H and O–H groups in total. The monoisotopic (exact) mass is 328 g/mol. The van der Waals surface area contributed by atoms with Gasteiger partial charge in [0.05, 0.1) is 6.04 Å². The van der Waals surface area contributed by atoms with Crippen molar-refractivity contribution in [1.82, 2.24) is 10.2 Å². The molecule has 1 atom stereocenters. The van der Waals surface area contributed by atoms with Crippen LogP contribution in [0.2, 0.25) is 0 Å². The number of nitrogens with one attached hydrogen (secondary N) is 1. The van der Waals surface area contributed by atoms with Crippen molar-refractivity contribution in [2.75, 3.05) is 13.1 Å². The van der Waals surface area contributed by atoms with Crippen LogP contribution in [0.5, 0.6) is 0 Å². The molecule has 130 valence electrons. The Hall–Kier alpha value is -1.84. The Balaban J connectivity index is 1.50. The van der Waals surface area contributed by atoms with E-state index in [4.69, 9.17) is 0 Å². The minimum Gasteiger partial charge on any atom is -0.356 e. The standard InChI is InChI=1S/C20H28N2O2/c1-15(17-6-3-2-4-7-17)22(14-16-9-10-16)19(23)8-5-13-21-20(24)18-11-12-18/h2-4,6-7,15-16,18H,5,8-14H2,1H3,(H,21,24)/t15-/m0/s1. The molecule has 0 radical (unpaired) electrons. The van der Waals surface area contributed by atoms with Crippen LogP contribution in [0, 0.1) is 11.8 Å². The Morgan fingerprint density at radius 3 is 2.50 bits per heavy atom. The van der Waals surface area contributed by atoms with E-state index in [9.17, 15) is 9.59 Å². The summed E-state index contributed by atoms with van der Waals surface area (Å²) >= 11 is 0. The van der Waals surface area contributed by atoms with E-state index >= 15 is 0 Å². The molecule has 0 bridgehead atoms. The molecule has 4 nitrogen and oxygen atoms in total. The number of carbonyl (C=O) groups is 2. The molecule has 2 amide bonds. The zero-order valence-electron chi connectivity index (χ0n) is 14.5. The van der Waals surface area contributed by atoms with Crippen LogP contribution in [-0.2, 0) is 9.59 Å². The lowest BCUT2D eigenvalue weighted by Gasteiger charge is -2.30. The number of hydrogen-bond donors (Lipinski definition) is 1. The number of hydrogen-bond acceptors (Lipinski definition) is 2. The second kappa shape index (κ2) is 7.82. The third kappa shape index (κ3) is 4.83. The fourth-order valence-electron chi connectivity index (χ4n) is 3.05. The summed E-state index contributed by atoms with van der Waals surface area (Å²) in [6, 6.07) is 10.4. The third-order valence-electron chi connectivity index (χ3n) is 5.04. The molecule has 4 heteroatoms. The van der Waals surface area contributed by atoms with Gasteiger partial charge in [-0.2, -0.15) is 0 Å². The van der Waals surface area contributed by atoms with Gasteiger partial charge in [0.25, 0.3) is 0 Å². The second-order valence-electron chi connectivity index (χ2n) is 7.24. The average molecular weight is 328 g/mol. The molecular formula is C20H28N2O2. The SMILES string of the molecule is C[C@@H](c1ccccc1)N(CC1CC1)C(=O)CCCNC(=O)C1CC1. The van der Waals surface area contributed by atoms with E-state index in [1.165, 1.54) is 18.4 Å². The minimum atomic E-state index is 0.111. The molecule has 0 unspecified atom stereocenters. The Morgan fingerprint density at radius 1 is 1.17 bits per heavy atom. The van der Waals surface area contributed by atoms with E-state index in [1.54, 1.807) is 0 Å². The molecule has 0 spiro atoms. The number of benzene rings is 1. The molecule has 2 aliphatic rings. The number of nitrogens with zero attached hydrogens (tertiary/aromatic N) is 1. The average Bonchev–Trinajstić information content (AvgIpc) is 3.49. The van der Waals surface area contributed by atoms with Crippen molar-refractivity contribution in [2.45, 2.75) is 51.5 Å². The molecule has 24 heavy (non-hydrogen) atoms. The first kappa shape index (κ1) is 17.0. The summed E-state index contributed by atoms with van der Waals surface area (Å²) in [6.07, 6.45) is 5.75. The van der Waals surface area contributed by atoms with E-state index in [1.807, 2.05) is 23.1 Å². The van der Waals surface area contributed by atoms with Crippen molar-refractivity contribution in [2.24, 2.45) is 11.8 Å². The van der Waals surface area contributed by atoms with Gasteiger partial charge in [0.1, 0.15) is 0 Å². The highest BCUT2D eigenvalue weighted by Gasteiger charge is 2.30. The van der Waals surface area contributed by atoms with Gasteiger partial charge in [0.2, 0.25) is 11.8 Å². The summed E-state index contributed by atoms with van der Waals surface area (Å²) in [7, 11) is 0. The molecule has 0 heterocycles. The third-order valence-corrected chi connectivity index (χ3v) is 5.04. The quantitative estimate of drug-likeness (QED) is 0.707. The maximum Gasteiger partial charge on any atom is 0.223 e. The lowest BCUT2D eigenvalue weighted by atomic mass is 10.1. The number of carbonyl (C=O) groups excluding carboxylic acids is 2. The van der Waals surface area contributed by atoms with Gasteiger partial charge in [-0.3, -0.25) is 9.59 Å². The van der Waals surface area contributed by atoms with Gasteiger partial charge >= 0.3 is 0 Å². The van der Waals surface area contributed by atoms with Gasteiger partial charge in [0.15, 0.2) is 0 Å². The van der Waals surface area contributed by atoms with Crippen LogP contribution >= 0.6 is 0 Å². The van der Waals surface area contributed by atoms with Crippen molar-refractivity contribution in [3.8, 4) is 0 Å². The van der Waals surface area contributed by atoms with Gasteiger partial charge in [-0.15, -0.1) is 0 Å². The molecule has 0 saturated heterocycles. The summed E-state index contributed by atoms with van der Waals surface area (Å²) in [5.41, 5.74) is 1.19. The van der Waals surface area contributed by atoms with E-state index in [2.05, 4.69) is 24.4 Å². The van der Waals surface area contributed by atoms with Crippen molar-refractivity contribution in [3.05, 3.63) is 35.9 Å². The van der Waals surface area contributed by atoms with Gasteiger partial charge < -0.3 is 10.2 Å². The van der Waals surface area contributed by atoms with E-state index in [0.29, 0.717) is 18.9 Å². The summed E-state index contributed by atoms with van der Waals surface area (Å²) in [5.74, 6) is 1.29. The highest BCUT2D eigenvalue weighted by Crippen LogP contribution is 2.33. The largest absolute Gasteiger partial charge is 0.356 e. The van der Waals surface area contributed by atoms with Crippen LogP contribution in [0.25, 0.3) is 0 Å². The molecule has 2 saturated carbocycles. The molecule has 3 rings (SSSR count). The van der Waals surface area contributed by atoms with Crippen molar-refractivity contribution in [1.29, 1.82) is 0 Å². The van der Waals surface area contributed by atoms with Crippen LogP contribution in [0.4, 0.5) is 0 Å². The van der Waals surface area contributed by atoms with Crippen molar-refractivity contribution < 1.29 is 9.59 Å². The predicted octanol–water partition coefficient (Wildman–Crippen LogP) is 3.29. The minimum absolute atomic E-state index is 0.111. The van der Waals surface area contributed by atoms with E-state index < -0.39 is 0 Å². The van der Waals surface area contributed by atoms with Crippen LogP contribution < -0.4 is 5.32 Å². The summed E-state index contributed by atoms with van der Waals surface area (Å²) in [5, 5.41) is 2.94. The van der Waals surface area contributed by atoms with E-state index in [0.717, 1.165) is 25.8 Å². The van der Waals surface area contributed by atoms with Crippen molar-refractivity contribution >= 4 is 11.8 Å². The lowest BCUT2D eigenvalue weighted by Crippen LogP contribution is -2.36. The molecule has 1 aromatic carbocycles.